The zero-order valence-electron chi connectivity index (χ0n) is 15.0. The van der Waals surface area contributed by atoms with Gasteiger partial charge in [-0.3, -0.25) is 4.98 Å². The van der Waals surface area contributed by atoms with E-state index in [1.54, 1.807) is 6.20 Å². The number of benzene rings is 1. The molecule has 0 aliphatic heterocycles. The van der Waals surface area contributed by atoms with Crippen LogP contribution in [0.2, 0.25) is 0 Å². The molecule has 2 heterocycles. The van der Waals surface area contributed by atoms with E-state index in [1.807, 2.05) is 43.3 Å². The third-order valence-corrected chi connectivity index (χ3v) is 5.03. The maximum absolute atomic E-state index is 12.1. The molecule has 0 atom stereocenters. The molecule has 0 saturated heterocycles. The van der Waals surface area contributed by atoms with Gasteiger partial charge >= 0.3 is 5.97 Å². The number of ether oxygens (including phenoxy) is 1. The predicted octanol–water partition coefficient (Wildman–Crippen LogP) is 4.78. The van der Waals surface area contributed by atoms with Crippen LogP contribution in [0.5, 0.6) is 0 Å². The largest absolute Gasteiger partial charge is 0.462 e. The molecule has 0 N–H and O–H groups in total. The second-order valence-corrected chi connectivity index (χ2v) is 6.74. The highest BCUT2D eigenvalue weighted by Crippen LogP contribution is 2.35. The molecule has 1 aliphatic carbocycles. The van der Waals surface area contributed by atoms with E-state index in [0.717, 1.165) is 35.4 Å². The first-order valence-electron chi connectivity index (χ1n) is 9.38. The Morgan fingerprint density at radius 1 is 1.19 bits per heavy atom. The first kappa shape index (κ1) is 16.8. The summed E-state index contributed by atoms with van der Waals surface area (Å²) in [6.07, 6.45) is 7.90. The Hall–Kier alpha value is -2.69. The van der Waals surface area contributed by atoms with Crippen molar-refractivity contribution in [2.45, 2.75) is 45.1 Å². The molecule has 0 amide bonds. The number of fused-ring (bicyclic) bond motifs is 1. The number of esters is 1. The van der Waals surface area contributed by atoms with Crippen molar-refractivity contribution in [3.05, 3.63) is 48.2 Å². The van der Waals surface area contributed by atoms with Crippen molar-refractivity contribution < 1.29 is 9.53 Å². The maximum atomic E-state index is 12.1. The van der Waals surface area contributed by atoms with Crippen LogP contribution in [0.3, 0.4) is 0 Å². The van der Waals surface area contributed by atoms with Crippen molar-refractivity contribution >= 4 is 17.0 Å². The van der Waals surface area contributed by atoms with E-state index in [4.69, 9.17) is 9.72 Å². The first-order chi connectivity index (χ1) is 12.8. The number of pyridine rings is 1. The van der Waals surface area contributed by atoms with Gasteiger partial charge < -0.3 is 9.30 Å². The van der Waals surface area contributed by atoms with Crippen LogP contribution in [0, 0.1) is 0 Å². The van der Waals surface area contributed by atoms with Crippen LogP contribution in [0.1, 0.15) is 55.4 Å². The molecule has 1 aromatic carbocycles. The topological polar surface area (TPSA) is 57.0 Å². The minimum atomic E-state index is -0.305. The summed E-state index contributed by atoms with van der Waals surface area (Å²) in [4.78, 5) is 21.4. The van der Waals surface area contributed by atoms with E-state index in [-0.39, 0.29) is 5.97 Å². The SMILES string of the molecule is CCOC(=O)c1ccc2c(c1)nc(-c1ccccn1)n2C1CCCCC1. The standard InChI is InChI=1S/C21H23N3O2/c1-2-26-21(25)15-11-12-19-18(14-15)23-20(17-10-6-7-13-22-17)24(19)16-8-4-3-5-9-16/h6-7,10-14,16H,2-5,8-9H2,1H3. The van der Waals surface area contributed by atoms with Crippen molar-refractivity contribution in [2.75, 3.05) is 6.61 Å². The van der Waals surface area contributed by atoms with Crippen LogP contribution >= 0.6 is 0 Å². The number of carbonyl (C=O) groups excluding carboxylic acids is 1. The molecule has 1 fully saturated rings. The number of hydrogen-bond acceptors (Lipinski definition) is 4. The van der Waals surface area contributed by atoms with Crippen LogP contribution in [0.25, 0.3) is 22.6 Å². The molecule has 1 aliphatic rings. The monoisotopic (exact) mass is 349 g/mol. The molecule has 134 valence electrons. The summed E-state index contributed by atoms with van der Waals surface area (Å²) >= 11 is 0. The molecular weight excluding hydrogens is 326 g/mol. The molecule has 2 aromatic heterocycles. The predicted molar refractivity (Wildman–Crippen MR) is 101 cm³/mol. The lowest BCUT2D eigenvalue weighted by Gasteiger charge is -2.25. The lowest BCUT2D eigenvalue weighted by molar-refractivity contribution is 0.0526. The van der Waals surface area contributed by atoms with Gasteiger partial charge in [0.15, 0.2) is 5.82 Å². The Balaban J connectivity index is 1.86. The quantitative estimate of drug-likeness (QED) is 0.636. The summed E-state index contributed by atoms with van der Waals surface area (Å²) in [5, 5.41) is 0. The van der Waals surface area contributed by atoms with Gasteiger partial charge in [0.2, 0.25) is 0 Å². The number of aromatic nitrogens is 3. The minimum Gasteiger partial charge on any atom is -0.462 e. The highest BCUT2D eigenvalue weighted by molar-refractivity contribution is 5.94. The Kier molecular flexibility index (Phi) is 4.69. The van der Waals surface area contributed by atoms with Crippen molar-refractivity contribution in [2.24, 2.45) is 0 Å². The van der Waals surface area contributed by atoms with Crippen LogP contribution in [-0.4, -0.2) is 27.1 Å². The fraction of sp³-hybridized carbons (Fsp3) is 0.381. The second-order valence-electron chi connectivity index (χ2n) is 6.74. The molecule has 26 heavy (non-hydrogen) atoms. The van der Waals surface area contributed by atoms with Crippen molar-refractivity contribution in [1.29, 1.82) is 0 Å². The maximum Gasteiger partial charge on any atom is 0.338 e. The van der Waals surface area contributed by atoms with Crippen molar-refractivity contribution in [1.82, 2.24) is 14.5 Å². The van der Waals surface area contributed by atoms with E-state index < -0.39 is 0 Å². The number of carbonyl (C=O) groups is 1. The number of rotatable bonds is 4. The smallest absolute Gasteiger partial charge is 0.338 e. The van der Waals surface area contributed by atoms with Gasteiger partial charge in [0.25, 0.3) is 0 Å². The van der Waals surface area contributed by atoms with Crippen molar-refractivity contribution in [3.8, 4) is 11.5 Å². The molecule has 4 rings (SSSR count). The van der Waals surface area contributed by atoms with Gasteiger partial charge in [-0.15, -0.1) is 0 Å². The van der Waals surface area contributed by atoms with Crippen LogP contribution < -0.4 is 0 Å². The second kappa shape index (κ2) is 7.28. The molecule has 5 heteroatoms. The fourth-order valence-corrected chi connectivity index (χ4v) is 3.82. The summed E-state index contributed by atoms with van der Waals surface area (Å²) in [6.45, 7) is 2.18. The highest BCUT2D eigenvalue weighted by Gasteiger charge is 2.23. The summed E-state index contributed by atoms with van der Waals surface area (Å²) in [6, 6.07) is 12.0. The Labute approximate surface area is 153 Å². The number of hydrogen-bond donors (Lipinski definition) is 0. The Morgan fingerprint density at radius 2 is 2.04 bits per heavy atom. The summed E-state index contributed by atoms with van der Waals surface area (Å²) < 4.78 is 7.45. The molecule has 3 aromatic rings. The molecular formula is C21H23N3O2. The molecule has 0 spiro atoms. The molecule has 0 bridgehead atoms. The average molecular weight is 349 g/mol. The van der Waals surface area contributed by atoms with Gasteiger partial charge in [0, 0.05) is 12.2 Å². The number of nitrogens with zero attached hydrogens (tertiary/aromatic N) is 3. The highest BCUT2D eigenvalue weighted by atomic mass is 16.5. The van der Waals surface area contributed by atoms with Crippen molar-refractivity contribution in [3.63, 3.8) is 0 Å². The fourth-order valence-electron chi connectivity index (χ4n) is 3.82. The summed E-state index contributed by atoms with van der Waals surface area (Å²) in [5.41, 5.74) is 3.29. The van der Waals surface area contributed by atoms with E-state index in [1.165, 1.54) is 19.3 Å². The van der Waals surface area contributed by atoms with Gasteiger partial charge in [-0.2, -0.15) is 0 Å². The Morgan fingerprint density at radius 3 is 2.77 bits per heavy atom. The zero-order valence-corrected chi connectivity index (χ0v) is 15.0. The summed E-state index contributed by atoms with van der Waals surface area (Å²) in [7, 11) is 0. The third kappa shape index (κ3) is 3.09. The number of imidazole rings is 1. The van der Waals surface area contributed by atoms with Crippen LogP contribution in [0.15, 0.2) is 42.6 Å². The summed E-state index contributed by atoms with van der Waals surface area (Å²) in [5.74, 6) is 0.578. The van der Waals surface area contributed by atoms with E-state index in [0.29, 0.717) is 18.2 Å². The zero-order chi connectivity index (χ0) is 17.9. The van der Waals surface area contributed by atoms with Gasteiger partial charge in [-0.05, 0) is 50.1 Å². The normalized spacial score (nSPS) is 15.3. The van der Waals surface area contributed by atoms with E-state index >= 15 is 0 Å². The minimum absolute atomic E-state index is 0.305. The van der Waals surface area contributed by atoms with Gasteiger partial charge in [-0.1, -0.05) is 25.3 Å². The molecule has 1 saturated carbocycles. The van der Waals surface area contributed by atoms with Gasteiger partial charge in [-0.25, -0.2) is 9.78 Å². The van der Waals surface area contributed by atoms with E-state index in [9.17, 15) is 4.79 Å². The molecule has 0 unspecified atom stereocenters. The van der Waals surface area contributed by atoms with Gasteiger partial charge in [0.05, 0.1) is 23.2 Å². The van der Waals surface area contributed by atoms with Gasteiger partial charge in [0.1, 0.15) is 5.69 Å². The third-order valence-electron chi connectivity index (χ3n) is 5.03. The lowest BCUT2D eigenvalue weighted by Crippen LogP contribution is -2.14. The first-order valence-corrected chi connectivity index (χ1v) is 9.38. The van der Waals surface area contributed by atoms with Crippen LogP contribution in [-0.2, 0) is 4.74 Å². The van der Waals surface area contributed by atoms with Crippen LogP contribution in [0.4, 0.5) is 0 Å². The Bertz CT molecular complexity index is 912. The average Bonchev–Trinajstić information content (AvgIpc) is 3.08. The lowest BCUT2D eigenvalue weighted by atomic mass is 9.95. The van der Waals surface area contributed by atoms with E-state index in [2.05, 4.69) is 9.55 Å². The molecule has 5 nitrogen and oxygen atoms in total. The molecule has 0 radical (unpaired) electrons.